The Morgan fingerprint density at radius 1 is 0.958 bits per heavy atom. The molecule has 0 aliphatic carbocycles. The molecule has 8 heteroatoms. The van der Waals surface area contributed by atoms with Gasteiger partial charge in [-0.2, -0.15) is 0 Å². The first kappa shape index (κ1) is 17.7. The molecule has 0 fully saturated rings. The van der Waals surface area contributed by atoms with E-state index in [1.165, 1.54) is 30.3 Å². The molecule has 0 saturated carbocycles. The van der Waals surface area contributed by atoms with Crippen LogP contribution in [0.5, 0.6) is 11.5 Å². The molecule has 0 unspecified atom stereocenters. The lowest BCUT2D eigenvalue weighted by atomic mass is 10.0. The third-order valence-corrected chi connectivity index (χ3v) is 2.91. The molecule has 0 bridgehead atoms. The molecule has 128 valence electrons. The molecule has 24 heavy (non-hydrogen) atoms. The van der Waals surface area contributed by atoms with Gasteiger partial charge in [-0.1, -0.05) is 30.3 Å². The molecular formula is C16H11F5O3. The van der Waals surface area contributed by atoms with Gasteiger partial charge < -0.3 is 9.47 Å². The van der Waals surface area contributed by atoms with Crippen LogP contribution >= 0.6 is 0 Å². The lowest BCUT2D eigenvalue weighted by Gasteiger charge is -2.15. The van der Waals surface area contributed by atoms with E-state index in [0.717, 1.165) is 12.1 Å². The number of hydrogen-bond acceptors (Lipinski definition) is 3. The molecule has 0 radical (unpaired) electrons. The minimum Gasteiger partial charge on any atom is -0.484 e. The van der Waals surface area contributed by atoms with Crippen LogP contribution in [-0.4, -0.2) is 25.7 Å². The summed E-state index contributed by atoms with van der Waals surface area (Å²) in [6, 6.07) is 9.62. The van der Waals surface area contributed by atoms with Gasteiger partial charge in [0.1, 0.15) is 12.9 Å². The molecule has 0 amide bonds. The Balaban J connectivity index is 2.35. The van der Waals surface area contributed by atoms with Crippen LogP contribution in [0.1, 0.15) is 10.4 Å². The van der Waals surface area contributed by atoms with Gasteiger partial charge in [-0.15, -0.1) is 13.2 Å². The maximum Gasteiger partial charge on any atom is 0.573 e. The molecule has 0 aliphatic heterocycles. The van der Waals surface area contributed by atoms with Crippen LogP contribution in [0.4, 0.5) is 22.0 Å². The van der Waals surface area contributed by atoms with Crippen LogP contribution in [-0.2, 0) is 0 Å². The molecule has 0 heterocycles. The van der Waals surface area contributed by atoms with Crippen LogP contribution in [0.15, 0.2) is 42.5 Å². The highest BCUT2D eigenvalue weighted by Crippen LogP contribution is 2.36. The van der Waals surface area contributed by atoms with Crippen molar-refractivity contribution < 1.29 is 36.2 Å². The normalized spacial score (nSPS) is 11.4. The van der Waals surface area contributed by atoms with E-state index < -0.39 is 30.9 Å². The first-order valence-corrected chi connectivity index (χ1v) is 6.65. The van der Waals surface area contributed by atoms with E-state index in [1.807, 2.05) is 0 Å². The summed E-state index contributed by atoms with van der Waals surface area (Å²) < 4.78 is 70.3. The highest BCUT2D eigenvalue weighted by molar-refractivity contribution is 5.77. The number of hydrogen-bond donors (Lipinski definition) is 0. The second-order valence-electron chi connectivity index (χ2n) is 4.65. The third-order valence-electron chi connectivity index (χ3n) is 2.91. The Bertz CT molecular complexity index is 696. The molecule has 2 rings (SSSR count). The van der Waals surface area contributed by atoms with Crippen molar-refractivity contribution in [2.24, 2.45) is 0 Å². The Kier molecular flexibility index (Phi) is 5.38. The van der Waals surface area contributed by atoms with Crippen LogP contribution < -0.4 is 9.47 Å². The molecule has 0 spiro atoms. The van der Waals surface area contributed by atoms with Crippen molar-refractivity contribution in [3.8, 4) is 22.6 Å². The number of alkyl halides is 5. The fraction of sp³-hybridized carbons (Fsp3) is 0.188. The summed E-state index contributed by atoms with van der Waals surface area (Å²) in [5, 5.41) is 0. The molecule has 2 aromatic carbocycles. The quantitative estimate of drug-likeness (QED) is 0.561. The van der Waals surface area contributed by atoms with Crippen molar-refractivity contribution in [3.05, 3.63) is 48.0 Å². The topological polar surface area (TPSA) is 35.5 Å². The van der Waals surface area contributed by atoms with Gasteiger partial charge in [-0.3, -0.25) is 4.79 Å². The zero-order chi connectivity index (χ0) is 17.7. The van der Waals surface area contributed by atoms with Crippen molar-refractivity contribution >= 4 is 6.29 Å². The van der Waals surface area contributed by atoms with E-state index in [0.29, 0.717) is 23.0 Å². The molecule has 0 saturated heterocycles. The summed E-state index contributed by atoms with van der Waals surface area (Å²) >= 11 is 0. The maximum atomic E-state index is 12.5. The van der Waals surface area contributed by atoms with Crippen molar-refractivity contribution in [1.29, 1.82) is 0 Å². The zero-order valence-electron chi connectivity index (χ0n) is 12.0. The van der Waals surface area contributed by atoms with E-state index in [-0.39, 0.29) is 0 Å². The third kappa shape index (κ3) is 4.94. The summed E-state index contributed by atoms with van der Waals surface area (Å²) in [5.41, 5.74) is 1.27. The fourth-order valence-corrected chi connectivity index (χ4v) is 1.92. The van der Waals surface area contributed by atoms with Crippen LogP contribution in [0.3, 0.4) is 0 Å². The van der Waals surface area contributed by atoms with E-state index >= 15 is 0 Å². The lowest BCUT2D eigenvalue weighted by molar-refractivity contribution is -0.275. The van der Waals surface area contributed by atoms with Gasteiger partial charge in [-0.05, 0) is 23.3 Å². The van der Waals surface area contributed by atoms with Gasteiger partial charge >= 0.3 is 6.36 Å². The molecule has 0 aromatic heterocycles. The fourth-order valence-electron chi connectivity index (χ4n) is 1.92. The summed E-state index contributed by atoms with van der Waals surface area (Å²) in [4.78, 5) is 10.6. The minimum absolute atomic E-state index is 0.344. The standard InChI is InChI=1S/C16H11F5O3/c17-15(18)9-23-13-6-5-12(7-14(13)24-16(19,20)21)11-3-1-10(8-22)2-4-11/h1-8,15H,9H2. The van der Waals surface area contributed by atoms with E-state index in [2.05, 4.69) is 9.47 Å². The Hall–Kier alpha value is -2.64. The SMILES string of the molecule is O=Cc1ccc(-c2ccc(OCC(F)F)c(OC(F)(F)F)c2)cc1. The van der Waals surface area contributed by atoms with Crippen LogP contribution in [0.2, 0.25) is 0 Å². The van der Waals surface area contributed by atoms with Gasteiger partial charge in [0.05, 0.1) is 0 Å². The largest absolute Gasteiger partial charge is 0.573 e. The summed E-state index contributed by atoms with van der Waals surface area (Å²) in [6.45, 7) is -1.05. The number of carbonyl (C=O) groups excluding carboxylic acids is 1. The van der Waals surface area contributed by atoms with Gasteiger partial charge in [-0.25, -0.2) is 8.78 Å². The average Bonchev–Trinajstić information content (AvgIpc) is 2.52. The predicted molar refractivity (Wildman–Crippen MR) is 75.4 cm³/mol. The summed E-state index contributed by atoms with van der Waals surface area (Å²) in [5.74, 6) is -1.17. The number of halogens is 5. The molecule has 0 N–H and O–H groups in total. The number of rotatable bonds is 6. The number of aldehydes is 1. The average molecular weight is 346 g/mol. The number of carbonyl (C=O) groups is 1. The Morgan fingerprint density at radius 2 is 1.58 bits per heavy atom. The Labute approximate surface area is 133 Å². The van der Waals surface area contributed by atoms with Crippen molar-refractivity contribution in [2.75, 3.05) is 6.61 Å². The monoisotopic (exact) mass is 346 g/mol. The van der Waals surface area contributed by atoms with E-state index in [1.54, 1.807) is 0 Å². The number of benzene rings is 2. The van der Waals surface area contributed by atoms with Crippen molar-refractivity contribution in [3.63, 3.8) is 0 Å². The first-order valence-electron chi connectivity index (χ1n) is 6.65. The minimum atomic E-state index is -5.00. The van der Waals surface area contributed by atoms with Crippen molar-refractivity contribution in [1.82, 2.24) is 0 Å². The predicted octanol–water partition coefficient (Wildman–Crippen LogP) is 4.71. The first-order chi connectivity index (χ1) is 11.3. The Morgan fingerprint density at radius 3 is 2.12 bits per heavy atom. The summed E-state index contributed by atoms with van der Waals surface area (Å²) in [7, 11) is 0. The molecule has 0 aliphatic rings. The maximum absolute atomic E-state index is 12.5. The summed E-state index contributed by atoms with van der Waals surface area (Å²) in [6.07, 6.45) is -7.20. The lowest BCUT2D eigenvalue weighted by Crippen LogP contribution is -2.18. The molecule has 0 atom stereocenters. The second-order valence-corrected chi connectivity index (χ2v) is 4.65. The van der Waals surface area contributed by atoms with E-state index in [9.17, 15) is 26.7 Å². The molecule has 2 aromatic rings. The molecule has 3 nitrogen and oxygen atoms in total. The van der Waals surface area contributed by atoms with Gasteiger partial charge in [0.25, 0.3) is 6.43 Å². The smallest absolute Gasteiger partial charge is 0.484 e. The van der Waals surface area contributed by atoms with Crippen LogP contribution in [0.25, 0.3) is 11.1 Å². The zero-order valence-corrected chi connectivity index (χ0v) is 12.0. The van der Waals surface area contributed by atoms with Crippen molar-refractivity contribution in [2.45, 2.75) is 12.8 Å². The molecular weight excluding hydrogens is 335 g/mol. The van der Waals surface area contributed by atoms with Gasteiger partial charge in [0, 0.05) is 5.56 Å². The highest BCUT2D eigenvalue weighted by atomic mass is 19.4. The number of ether oxygens (including phenoxy) is 2. The second kappa shape index (κ2) is 7.29. The van der Waals surface area contributed by atoms with Gasteiger partial charge in [0.2, 0.25) is 0 Å². The van der Waals surface area contributed by atoms with Crippen LogP contribution in [0, 0.1) is 0 Å². The van der Waals surface area contributed by atoms with Gasteiger partial charge in [0.15, 0.2) is 11.5 Å². The highest BCUT2D eigenvalue weighted by Gasteiger charge is 2.32. The van der Waals surface area contributed by atoms with E-state index in [4.69, 9.17) is 0 Å².